The number of hydrogen-bond acceptors (Lipinski definition) is 2. The number of aryl methyl sites for hydroxylation is 1. The summed E-state index contributed by atoms with van der Waals surface area (Å²) in [6.07, 6.45) is 3.86. The van der Waals surface area contributed by atoms with Gasteiger partial charge in [-0.2, -0.15) is 5.10 Å². The van der Waals surface area contributed by atoms with Crippen molar-refractivity contribution in [3.63, 3.8) is 0 Å². The van der Waals surface area contributed by atoms with Crippen LogP contribution in [0.4, 0.5) is 0 Å². The Balaban J connectivity index is 2.17. The number of hydrogen-bond donors (Lipinski definition) is 0. The minimum Gasteiger partial charge on any atom is -0.295 e. The molecule has 1 aliphatic rings. The van der Waals surface area contributed by atoms with Gasteiger partial charge in [-0.1, -0.05) is 18.6 Å². The SMILES string of the molecule is CC(=O)c1ccc2c(C3CCC3)n(C)nc2c1. The lowest BCUT2D eigenvalue weighted by Gasteiger charge is -2.25. The summed E-state index contributed by atoms with van der Waals surface area (Å²) in [7, 11) is 2.00. The fraction of sp³-hybridized carbons (Fsp3) is 0.429. The van der Waals surface area contributed by atoms with Crippen LogP contribution in [0.25, 0.3) is 10.9 Å². The molecule has 0 atom stereocenters. The van der Waals surface area contributed by atoms with Crippen LogP contribution in [0.1, 0.15) is 48.2 Å². The van der Waals surface area contributed by atoms with Crippen molar-refractivity contribution < 1.29 is 4.79 Å². The maximum Gasteiger partial charge on any atom is 0.159 e. The molecule has 3 heteroatoms. The molecule has 1 aliphatic carbocycles. The van der Waals surface area contributed by atoms with Gasteiger partial charge in [0.1, 0.15) is 0 Å². The molecular weight excluding hydrogens is 212 g/mol. The lowest BCUT2D eigenvalue weighted by molar-refractivity contribution is 0.101. The van der Waals surface area contributed by atoms with Crippen molar-refractivity contribution >= 4 is 16.7 Å². The van der Waals surface area contributed by atoms with Crippen LogP contribution < -0.4 is 0 Å². The summed E-state index contributed by atoms with van der Waals surface area (Å²) in [5.74, 6) is 0.760. The smallest absolute Gasteiger partial charge is 0.159 e. The molecule has 0 N–H and O–H groups in total. The molecule has 1 aromatic heterocycles. The maximum absolute atomic E-state index is 11.3. The lowest BCUT2D eigenvalue weighted by atomic mass is 9.81. The van der Waals surface area contributed by atoms with E-state index in [1.54, 1.807) is 6.92 Å². The first kappa shape index (κ1) is 10.5. The maximum atomic E-state index is 11.3. The van der Waals surface area contributed by atoms with E-state index in [-0.39, 0.29) is 5.78 Å². The van der Waals surface area contributed by atoms with Gasteiger partial charge in [0.2, 0.25) is 0 Å². The van der Waals surface area contributed by atoms with Crippen LogP contribution in [0.15, 0.2) is 18.2 Å². The minimum absolute atomic E-state index is 0.0998. The number of Topliss-reactive ketones (excluding diaryl/α,β-unsaturated/α-hetero) is 1. The molecule has 17 heavy (non-hydrogen) atoms. The highest BCUT2D eigenvalue weighted by Gasteiger charge is 2.25. The molecule has 1 fully saturated rings. The summed E-state index contributed by atoms with van der Waals surface area (Å²) in [6.45, 7) is 1.59. The average molecular weight is 228 g/mol. The van der Waals surface area contributed by atoms with E-state index in [1.165, 1.54) is 30.3 Å². The fourth-order valence-corrected chi connectivity index (χ4v) is 2.61. The molecule has 2 aromatic rings. The Morgan fingerprint density at radius 3 is 2.76 bits per heavy atom. The van der Waals surface area contributed by atoms with Crippen molar-refractivity contribution in [1.82, 2.24) is 9.78 Å². The molecule has 1 heterocycles. The van der Waals surface area contributed by atoms with Crippen molar-refractivity contribution in [3.05, 3.63) is 29.5 Å². The van der Waals surface area contributed by atoms with Crippen LogP contribution in [0.5, 0.6) is 0 Å². The van der Waals surface area contributed by atoms with Crippen LogP contribution in [-0.4, -0.2) is 15.6 Å². The fourth-order valence-electron chi connectivity index (χ4n) is 2.61. The van der Waals surface area contributed by atoms with E-state index < -0.39 is 0 Å². The first-order chi connectivity index (χ1) is 8.16. The van der Waals surface area contributed by atoms with Gasteiger partial charge in [0.25, 0.3) is 0 Å². The van der Waals surface area contributed by atoms with E-state index in [2.05, 4.69) is 5.10 Å². The molecule has 3 rings (SSSR count). The van der Waals surface area contributed by atoms with Gasteiger partial charge in [-0.05, 0) is 25.8 Å². The van der Waals surface area contributed by atoms with Crippen LogP contribution in [0, 0.1) is 0 Å². The predicted molar refractivity (Wildman–Crippen MR) is 67.3 cm³/mol. The molecule has 0 spiro atoms. The van der Waals surface area contributed by atoms with Gasteiger partial charge in [0.05, 0.1) is 5.52 Å². The highest BCUT2D eigenvalue weighted by molar-refractivity contribution is 5.98. The van der Waals surface area contributed by atoms with E-state index in [0.29, 0.717) is 5.92 Å². The van der Waals surface area contributed by atoms with E-state index in [0.717, 1.165) is 11.1 Å². The molecule has 88 valence electrons. The Morgan fingerprint density at radius 1 is 1.41 bits per heavy atom. The summed E-state index contributed by atoms with van der Waals surface area (Å²) in [5.41, 5.74) is 3.03. The van der Waals surface area contributed by atoms with Gasteiger partial charge in [-0.15, -0.1) is 0 Å². The van der Waals surface area contributed by atoms with Gasteiger partial charge in [0.15, 0.2) is 5.78 Å². The van der Waals surface area contributed by atoms with E-state index >= 15 is 0 Å². The summed E-state index contributed by atoms with van der Waals surface area (Å²) in [5, 5.41) is 5.73. The molecule has 0 unspecified atom stereocenters. The molecule has 0 saturated heterocycles. The Kier molecular flexibility index (Phi) is 2.28. The number of aromatic nitrogens is 2. The van der Waals surface area contributed by atoms with Gasteiger partial charge in [-0.3, -0.25) is 9.48 Å². The number of ketones is 1. The summed E-state index contributed by atoms with van der Waals surface area (Å²) in [4.78, 5) is 11.3. The Bertz CT molecular complexity index is 594. The van der Waals surface area contributed by atoms with E-state index in [1.807, 2.05) is 29.9 Å². The van der Waals surface area contributed by atoms with Crippen molar-refractivity contribution in [1.29, 1.82) is 0 Å². The van der Waals surface area contributed by atoms with Gasteiger partial charge in [-0.25, -0.2) is 0 Å². The highest BCUT2D eigenvalue weighted by Crippen LogP contribution is 2.39. The second kappa shape index (κ2) is 3.69. The van der Waals surface area contributed by atoms with Gasteiger partial charge in [0, 0.05) is 29.6 Å². The monoisotopic (exact) mass is 228 g/mol. The Hall–Kier alpha value is -1.64. The number of fused-ring (bicyclic) bond motifs is 1. The largest absolute Gasteiger partial charge is 0.295 e. The lowest BCUT2D eigenvalue weighted by Crippen LogP contribution is -2.13. The summed E-state index contributed by atoms with van der Waals surface area (Å²) < 4.78 is 1.98. The molecule has 0 amide bonds. The number of rotatable bonds is 2. The number of carbonyl (C=O) groups is 1. The standard InChI is InChI=1S/C14H16N2O/c1-9(17)11-6-7-12-13(8-11)15-16(2)14(12)10-4-3-5-10/h6-8,10H,3-5H2,1-2H3. The second-order valence-corrected chi connectivity index (χ2v) is 4.92. The van der Waals surface area contributed by atoms with Gasteiger partial charge < -0.3 is 0 Å². The topological polar surface area (TPSA) is 34.9 Å². The normalized spacial score (nSPS) is 16.1. The zero-order valence-electron chi connectivity index (χ0n) is 10.2. The molecule has 0 aliphatic heterocycles. The van der Waals surface area contributed by atoms with Crippen LogP contribution in [0.3, 0.4) is 0 Å². The van der Waals surface area contributed by atoms with Crippen molar-refractivity contribution in [2.45, 2.75) is 32.1 Å². The van der Waals surface area contributed by atoms with E-state index in [4.69, 9.17) is 0 Å². The molecule has 1 aromatic carbocycles. The van der Waals surface area contributed by atoms with Crippen LogP contribution >= 0.6 is 0 Å². The van der Waals surface area contributed by atoms with Crippen LogP contribution in [0.2, 0.25) is 0 Å². The Morgan fingerprint density at radius 2 is 2.18 bits per heavy atom. The van der Waals surface area contributed by atoms with Crippen molar-refractivity contribution in [2.75, 3.05) is 0 Å². The Labute approximate surface area is 100 Å². The summed E-state index contributed by atoms with van der Waals surface area (Å²) in [6, 6.07) is 5.86. The average Bonchev–Trinajstić information content (AvgIpc) is 2.52. The number of carbonyl (C=O) groups excluding carboxylic acids is 1. The second-order valence-electron chi connectivity index (χ2n) is 4.92. The summed E-state index contributed by atoms with van der Waals surface area (Å²) >= 11 is 0. The predicted octanol–water partition coefficient (Wildman–Crippen LogP) is 3.04. The first-order valence-electron chi connectivity index (χ1n) is 6.14. The molecule has 0 radical (unpaired) electrons. The zero-order valence-corrected chi connectivity index (χ0v) is 10.2. The van der Waals surface area contributed by atoms with E-state index in [9.17, 15) is 4.79 Å². The van der Waals surface area contributed by atoms with Crippen molar-refractivity contribution in [3.8, 4) is 0 Å². The third-order valence-electron chi connectivity index (χ3n) is 3.78. The third-order valence-corrected chi connectivity index (χ3v) is 3.78. The van der Waals surface area contributed by atoms with Crippen LogP contribution in [-0.2, 0) is 7.05 Å². The minimum atomic E-state index is 0.0998. The number of nitrogens with zero attached hydrogens (tertiary/aromatic N) is 2. The molecule has 1 saturated carbocycles. The highest BCUT2D eigenvalue weighted by atomic mass is 16.1. The molecule has 0 bridgehead atoms. The van der Waals surface area contributed by atoms with Gasteiger partial charge >= 0.3 is 0 Å². The third kappa shape index (κ3) is 1.57. The molecular formula is C14H16N2O. The number of benzene rings is 1. The zero-order chi connectivity index (χ0) is 12.0. The molecule has 3 nitrogen and oxygen atoms in total. The quantitative estimate of drug-likeness (QED) is 0.740. The first-order valence-corrected chi connectivity index (χ1v) is 6.14. The van der Waals surface area contributed by atoms with Crippen molar-refractivity contribution in [2.24, 2.45) is 7.05 Å².